The van der Waals surface area contributed by atoms with Crippen LogP contribution in [0.5, 0.6) is 5.06 Å². The topological polar surface area (TPSA) is 43.3 Å². The Balaban J connectivity index is 1.37. The summed E-state index contributed by atoms with van der Waals surface area (Å²) in [5.74, 6) is 0.0908. The number of aromatic nitrogens is 1. The number of nitrogens with one attached hydrogen (secondary N) is 1. The molecule has 1 saturated carbocycles. The number of ether oxygens (including phenoxy) is 1. The Labute approximate surface area is 170 Å². The van der Waals surface area contributed by atoms with Crippen molar-refractivity contribution in [3.8, 4) is 5.06 Å². The molecule has 1 aliphatic rings. The van der Waals surface area contributed by atoms with Crippen LogP contribution in [0.2, 0.25) is 0 Å². The molecule has 1 aliphatic carbocycles. The Morgan fingerprint density at radius 1 is 1.31 bits per heavy atom. The van der Waals surface area contributed by atoms with Crippen molar-refractivity contribution < 1.29 is 22.7 Å². The van der Waals surface area contributed by atoms with E-state index in [0.717, 1.165) is 28.2 Å². The fourth-order valence-electron chi connectivity index (χ4n) is 3.69. The Kier molecular flexibility index (Phi) is 5.06. The molecule has 1 fully saturated rings. The number of hydrogen-bond acceptors (Lipinski definition) is 3. The molecule has 1 amide bonds. The van der Waals surface area contributed by atoms with Crippen molar-refractivity contribution in [2.75, 3.05) is 6.61 Å². The molecule has 3 atom stereocenters. The number of alkyl halides is 3. The van der Waals surface area contributed by atoms with Crippen LogP contribution in [-0.4, -0.2) is 23.3 Å². The van der Waals surface area contributed by atoms with E-state index in [4.69, 9.17) is 4.74 Å². The van der Waals surface area contributed by atoms with Crippen LogP contribution >= 0.6 is 11.3 Å². The number of hydrogen-bond donors (Lipinski definition) is 1. The summed E-state index contributed by atoms with van der Waals surface area (Å²) in [7, 11) is 2.00. The van der Waals surface area contributed by atoms with Crippen LogP contribution in [0.15, 0.2) is 42.6 Å². The second-order valence-corrected chi connectivity index (χ2v) is 8.53. The predicted octanol–water partition coefficient (Wildman–Crippen LogP) is 5.16. The average Bonchev–Trinajstić information content (AvgIpc) is 3.19. The van der Waals surface area contributed by atoms with Gasteiger partial charge in [-0.3, -0.25) is 4.79 Å². The molecule has 0 saturated heterocycles. The van der Waals surface area contributed by atoms with Crippen molar-refractivity contribution in [3.63, 3.8) is 0 Å². The van der Waals surface area contributed by atoms with Crippen molar-refractivity contribution in [1.82, 2.24) is 9.88 Å². The lowest BCUT2D eigenvalue weighted by atomic mass is 10.1. The number of nitrogens with zero attached hydrogens (tertiary/aromatic N) is 1. The van der Waals surface area contributed by atoms with Gasteiger partial charge in [-0.2, -0.15) is 13.2 Å². The van der Waals surface area contributed by atoms with Crippen LogP contribution in [0.4, 0.5) is 13.2 Å². The van der Waals surface area contributed by atoms with Gasteiger partial charge in [0, 0.05) is 34.9 Å². The molecule has 1 unspecified atom stereocenters. The van der Waals surface area contributed by atoms with Gasteiger partial charge in [-0.25, -0.2) is 0 Å². The molecule has 4 nitrogen and oxygen atoms in total. The van der Waals surface area contributed by atoms with E-state index in [1.807, 2.05) is 26.1 Å². The zero-order valence-corrected chi connectivity index (χ0v) is 16.8. The van der Waals surface area contributed by atoms with Crippen molar-refractivity contribution >= 4 is 28.1 Å². The Bertz CT molecular complexity index is 1040. The van der Waals surface area contributed by atoms with Crippen LogP contribution < -0.4 is 10.1 Å². The van der Waals surface area contributed by atoms with Gasteiger partial charge in [-0.05, 0) is 43.0 Å². The first-order valence-electron chi connectivity index (χ1n) is 9.36. The number of aryl methyl sites for hydroxylation is 1. The first-order valence-corrected chi connectivity index (χ1v) is 10.2. The summed E-state index contributed by atoms with van der Waals surface area (Å²) < 4.78 is 43.7. The van der Waals surface area contributed by atoms with Gasteiger partial charge in [0.15, 0.2) is 11.7 Å². The van der Waals surface area contributed by atoms with E-state index in [2.05, 4.69) is 28.2 Å². The molecular weight excluding hydrogens is 401 g/mol. The molecule has 2 aromatic heterocycles. The van der Waals surface area contributed by atoms with Crippen LogP contribution in [0.3, 0.4) is 0 Å². The number of carbonyl (C=O) groups excluding carboxylic acids is 1. The molecule has 1 N–H and O–H groups in total. The highest BCUT2D eigenvalue weighted by molar-refractivity contribution is 7.13. The molecule has 1 aromatic carbocycles. The minimum absolute atomic E-state index is 0.0263. The van der Waals surface area contributed by atoms with Gasteiger partial charge >= 0.3 is 6.18 Å². The minimum atomic E-state index is -4.37. The average molecular weight is 422 g/mol. The lowest BCUT2D eigenvalue weighted by Crippen LogP contribution is -2.27. The molecular formula is C21H21F3N2O2S. The largest absolute Gasteiger partial charge is 0.475 e. The molecule has 0 radical (unpaired) electrons. The molecule has 4 rings (SSSR count). The maximum absolute atomic E-state index is 12.7. The lowest BCUT2D eigenvalue weighted by molar-refractivity contribution is -0.152. The summed E-state index contributed by atoms with van der Waals surface area (Å²) in [5.41, 5.74) is 2.33. The number of rotatable bonds is 6. The summed E-state index contributed by atoms with van der Waals surface area (Å²) in [6, 6.07) is 11.0. The monoisotopic (exact) mass is 422 g/mol. The van der Waals surface area contributed by atoms with Crippen LogP contribution in [0.25, 0.3) is 10.9 Å². The molecule has 0 spiro atoms. The number of thiophene rings is 1. The van der Waals surface area contributed by atoms with E-state index in [9.17, 15) is 18.0 Å². The van der Waals surface area contributed by atoms with Gasteiger partial charge in [-0.1, -0.05) is 18.2 Å². The number of amides is 1. The van der Waals surface area contributed by atoms with Gasteiger partial charge in [0.2, 0.25) is 5.91 Å². The minimum Gasteiger partial charge on any atom is -0.475 e. The molecule has 154 valence electrons. The number of carbonyl (C=O) groups is 1. The SMILES string of the molecule is CC(NC(=O)[C@H]1C[C@@H]1c1cn(C)c2ccccc12)c1ccc(OCC(F)(F)F)s1. The summed E-state index contributed by atoms with van der Waals surface area (Å²) in [4.78, 5) is 13.4. The third-order valence-electron chi connectivity index (χ3n) is 5.22. The highest BCUT2D eigenvalue weighted by Crippen LogP contribution is 2.50. The zero-order valence-electron chi connectivity index (χ0n) is 16.0. The van der Waals surface area contributed by atoms with Crippen LogP contribution in [-0.2, 0) is 11.8 Å². The van der Waals surface area contributed by atoms with Gasteiger partial charge in [0.1, 0.15) is 0 Å². The molecule has 8 heteroatoms. The maximum Gasteiger partial charge on any atom is 0.422 e. The van der Waals surface area contributed by atoms with E-state index in [-0.39, 0.29) is 28.8 Å². The standard InChI is InChI=1S/C21H21F3N2O2S/c1-12(18-7-8-19(29-18)28-11-21(22,23)24)25-20(27)15-9-14(15)16-10-26(2)17-6-4-3-5-13(16)17/h3-8,10,12,14-15H,9,11H2,1-2H3,(H,25,27)/t12?,14-,15-/m0/s1. The highest BCUT2D eigenvalue weighted by Gasteiger charge is 2.45. The predicted molar refractivity (Wildman–Crippen MR) is 106 cm³/mol. The molecule has 0 aliphatic heterocycles. The van der Waals surface area contributed by atoms with Crippen molar-refractivity contribution in [2.45, 2.75) is 31.5 Å². The first-order chi connectivity index (χ1) is 13.7. The normalized spacial score (nSPS) is 19.9. The summed E-state index contributed by atoms with van der Waals surface area (Å²) in [5, 5.41) is 4.35. The fourth-order valence-corrected chi connectivity index (χ4v) is 4.54. The van der Waals surface area contributed by atoms with E-state index in [1.54, 1.807) is 6.07 Å². The third-order valence-corrected chi connectivity index (χ3v) is 6.40. The smallest absolute Gasteiger partial charge is 0.422 e. The van der Waals surface area contributed by atoms with E-state index < -0.39 is 12.8 Å². The van der Waals surface area contributed by atoms with E-state index in [1.165, 1.54) is 17.0 Å². The van der Waals surface area contributed by atoms with Crippen molar-refractivity contribution in [3.05, 3.63) is 53.0 Å². The molecule has 0 bridgehead atoms. The van der Waals surface area contributed by atoms with E-state index >= 15 is 0 Å². The summed E-state index contributed by atoms with van der Waals surface area (Å²) in [6.07, 6.45) is -1.47. The quantitative estimate of drug-likeness (QED) is 0.596. The third kappa shape index (κ3) is 4.27. The molecule has 29 heavy (non-hydrogen) atoms. The van der Waals surface area contributed by atoms with Crippen LogP contribution in [0, 0.1) is 5.92 Å². The summed E-state index contributed by atoms with van der Waals surface area (Å²) in [6.45, 7) is 0.509. The van der Waals surface area contributed by atoms with Gasteiger partial charge < -0.3 is 14.6 Å². The second-order valence-electron chi connectivity index (χ2n) is 7.45. The number of halogens is 3. The Morgan fingerprint density at radius 3 is 2.83 bits per heavy atom. The molecule has 2 heterocycles. The van der Waals surface area contributed by atoms with E-state index in [0.29, 0.717) is 0 Å². The Hall–Kier alpha value is -2.48. The maximum atomic E-state index is 12.7. The zero-order chi connectivity index (χ0) is 20.8. The van der Waals surface area contributed by atoms with Gasteiger partial charge in [0.05, 0.1) is 6.04 Å². The lowest BCUT2D eigenvalue weighted by Gasteiger charge is -2.12. The Morgan fingerprint density at radius 2 is 2.07 bits per heavy atom. The number of benzene rings is 1. The van der Waals surface area contributed by atoms with Crippen LogP contribution in [0.1, 0.15) is 35.7 Å². The van der Waals surface area contributed by atoms with Crippen molar-refractivity contribution in [2.24, 2.45) is 13.0 Å². The van der Waals surface area contributed by atoms with Crippen molar-refractivity contribution in [1.29, 1.82) is 0 Å². The highest BCUT2D eigenvalue weighted by atomic mass is 32.1. The first kappa shape index (κ1) is 19.8. The fraction of sp³-hybridized carbons (Fsp3) is 0.381. The van der Waals surface area contributed by atoms with Gasteiger partial charge in [-0.15, -0.1) is 11.3 Å². The molecule has 3 aromatic rings. The van der Waals surface area contributed by atoms with Gasteiger partial charge in [0.25, 0.3) is 0 Å². The number of fused-ring (bicyclic) bond motifs is 1. The number of para-hydroxylation sites is 1. The summed E-state index contributed by atoms with van der Waals surface area (Å²) >= 11 is 1.12. The second kappa shape index (κ2) is 7.40.